The van der Waals surface area contributed by atoms with Gasteiger partial charge in [0, 0.05) is 13.1 Å². The predicted molar refractivity (Wildman–Crippen MR) is 95.4 cm³/mol. The molecule has 1 atom stereocenters. The first kappa shape index (κ1) is 19.1. The molecule has 8 nitrogen and oxygen atoms in total. The van der Waals surface area contributed by atoms with Gasteiger partial charge < -0.3 is 14.8 Å². The van der Waals surface area contributed by atoms with Gasteiger partial charge in [0.15, 0.2) is 0 Å². The Kier molecular flexibility index (Phi) is 5.62. The first-order chi connectivity index (χ1) is 12.9. The van der Waals surface area contributed by atoms with E-state index in [1.165, 1.54) is 28.6 Å². The van der Waals surface area contributed by atoms with Gasteiger partial charge in [0.25, 0.3) is 0 Å². The van der Waals surface area contributed by atoms with Crippen LogP contribution in [0.1, 0.15) is 29.2 Å². The molecular weight excluding hydrogens is 372 g/mol. The van der Waals surface area contributed by atoms with Gasteiger partial charge in [0.2, 0.25) is 21.7 Å². The summed E-state index contributed by atoms with van der Waals surface area (Å²) in [5, 5.41) is 11.5. The second-order valence-electron chi connectivity index (χ2n) is 6.30. The molecule has 1 aliphatic rings. The van der Waals surface area contributed by atoms with E-state index < -0.39 is 21.9 Å². The number of aromatic carboxylic acids is 1. The van der Waals surface area contributed by atoms with Crippen molar-refractivity contribution >= 4 is 21.9 Å². The fourth-order valence-electron chi connectivity index (χ4n) is 3.02. The smallest absolute Gasteiger partial charge is 0.371 e. The summed E-state index contributed by atoms with van der Waals surface area (Å²) in [6.07, 6.45) is 1.18. The van der Waals surface area contributed by atoms with Crippen molar-refractivity contribution in [2.24, 2.45) is 5.92 Å². The highest BCUT2D eigenvalue weighted by atomic mass is 32.2. The van der Waals surface area contributed by atoms with E-state index in [1.54, 1.807) is 18.2 Å². The molecular formula is C18H20N2O6S. The highest BCUT2D eigenvalue weighted by molar-refractivity contribution is 7.89. The maximum absolute atomic E-state index is 12.7. The molecule has 1 aromatic heterocycles. The number of carboxylic acids is 1. The van der Waals surface area contributed by atoms with E-state index in [1.807, 2.05) is 0 Å². The van der Waals surface area contributed by atoms with Crippen LogP contribution in [0.25, 0.3) is 0 Å². The third kappa shape index (κ3) is 4.37. The zero-order chi connectivity index (χ0) is 19.4. The molecule has 0 spiro atoms. The topological polar surface area (TPSA) is 117 Å². The molecule has 2 N–H and O–H groups in total. The molecule has 0 radical (unpaired) electrons. The molecule has 144 valence electrons. The Balaban J connectivity index is 1.61. The number of hydrogen-bond donors (Lipinski definition) is 2. The number of nitrogens with zero attached hydrogens (tertiary/aromatic N) is 1. The fraction of sp³-hybridized carbons (Fsp3) is 0.333. The number of sulfonamides is 1. The van der Waals surface area contributed by atoms with E-state index >= 15 is 0 Å². The number of piperidine rings is 1. The lowest BCUT2D eigenvalue weighted by Gasteiger charge is -2.31. The highest BCUT2D eigenvalue weighted by Crippen LogP contribution is 2.24. The van der Waals surface area contributed by atoms with Gasteiger partial charge in [-0.05, 0) is 37.1 Å². The van der Waals surface area contributed by atoms with Gasteiger partial charge in [-0.15, -0.1) is 0 Å². The van der Waals surface area contributed by atoms with Crippen molar-refractivity contribution in [3.8, 4) is 0 Å². The minimum atomic E-state index is -3.63. The highest BCUT2D eigenvalue weighted by Gasteiger charge is 2.33. The van der Waals surface area contributed by atoms with Crippen LogP contribution >= 0.6 is 0 Å². The molecule has 1 aliphatic heterocycles. The lowest BCUT2D eigenvalue weighted by molar-refractivity contribution is -0.126. The van der Waals surface area contributed by atoms with Crippen molar-refractivity contribution in [1.82, 2.24) is 9.62 Å². The standard InChI is InChI=1S/C18H20N2O6S/c21-17(19-11-14-8-9-16(26-14)18(22)23)13-5-4-10-20(12-13)27(24,25)15-6-2-1-3-7-15/h1-3,6-9,13H,4-5,10-12H2,(H,19,21)(H,22,23). The number of carbonyl (C=O) groups excluding carboxylic acids is 1. The third-order valence-electron chi connectivity index (χ3n) is 4.45. The molecule has 1 aromatic carbocycles. The summed E-state index contributed by atoms with van der Waals surface area (Å²) in [6.45, 7) is 0.538. The Bertz CT molecular complexity index is 922. The van der Waals surface area contributed by atoms with Gasteiger partial charge in [-0.2, -0.15) is 4.31 Å². The number of amides is 1. The number of carbonyl (C=O) groups is 2. The average molecular weight is 392 g/mol. The Hall–Kier alpha value is -2.65. The van der Waals surface area contributed by atoms with Crippen LogP contribution in [0.5, 0.6) is 0 Å². The molecule has 9 heteroatoms. The first-order valence-corrected chi connectivity index (χ1v) is 9.97. The molecule has 1 amide bonds. The molecule has 27 heavy (non-hydrogen) atoms. The van der Waals surface area contributed by atoms with Crippen molar-refractivity contribution in [2.45, 2.75) is 24.3 Å². The Labute approximate surface area is 156 Å². The number of carboxylic acid groups (broad SMARTS) is 1. The summed E-state index contributed by atoms with van der Waals surface area (Å²) < 4.78 is 31.9. The van der Waals surface area contributed by atoms with Crippen LogP contribution in [0, 0.1) is 5.92 Å². The third-order valence-corrected chi connectivity index (χ3v) is 6.32. The minimum absolute atomic E-state index is 0.0497. The molecule has 1 fully saturated rings. The first-order valence-electron chi connectivity index (χ1n) is 8.53. The monoisotopic (exact) mass is 392 g/mol. The number of hydrogen-bond acceptors (Lipinski definition) is 5. The maximum Gasteiger partial charge on any atom is 0.371 e. The summed E-state index contributed by atoms with van der Waals surface area (Å²) in [7, 11) is -3.63. The van der Waals surface area contributed by atoms with E-state index in [4.69, 9.17) is 9.52 Å². The number of nitrogens with one attached hydrogen (secondary N) is 1. The summed E-state index contributed by atoms with van der Waals surface area (Å²) in [5.41, 5.74) is 0. The molecule has 0 aliphatic carbocycles. The van der Waals surface area contributed by atoms with Crippen LogP contribution in [0.2, 0.25) is 0 Å². The van der Waals surface area contributed by atoms with Crippen LogP contribution in [0.15, 0.2) is 51.8 Å². The normalized spacial score (nSPS) is 18.1. The van der Waals surface area contributed by atoms with E-state index in [-0.39, 0.29) is 29.7 Å². The van der Waals surface area contributed by atoms with E-state index in [0.717, 1.165) is 0 Å². The van der Waals surface area contributed by atoms with Crippen molar-refractivity contribution in [3.05, 3.63) is 54.0 Å². The number of furan rings is 1. The van der Waals surface area contributed by atoms with E-state index in [9.17, 15) is 18.0 Å². The predicted octanol–water partition coefficient (Wildman–Crippen LogP) is 1.69. The van der Waals surface area contributed by atoms with Gasteiger partial charge in [0.1, 0.15) is 5.76 Å². The molecule has 0 bridgehead atoms. The molecule has 2 heterocycles. The zero-order valence-electron chi connectivity index (χ0n) is 14.5. The Morgan fingerprint density at radius 2 is 1.93 bits per heavy atom. The molecule has 0 saturated carbocycles. The lowest BCUT2D eigenvalue weighted by atomic mass is 9.99. The molecule has 3 rings (SSSR count). The SMILES string of the molecule is O=C(O)c1ccc(CNC(=O)C2CCCN(S(=O)(=O)c3ccccc3)C2)o1. The fourth-order valence-corrected chi connectivity index (χ4v) is 4.57. The lowest BCUT2D eigenvalue weighted by Crippen LogP contribution is -2.45. The van der Waals surface area contributed by atoms with Crippen molar-refractivity contribution in [1.29, 1.82) is 0 Å². The summed E-state index contributed by atoms with van der Waals surface area (Å²) in [6, 6.07) is 10.9. The summed E-state index contributed by atoms with van der Waals surface area (Å²) >= 11 is 0. The maximum atomic E-state index is 12.7. The van der Waals surface area contributed by atoms with Gasteiger partial charge in [0.05, 0.1) is 17.4 Å². The van der Waals surface area contributed by atoms with Crippen LogP contribution in [0.3, 0.4) is 0 Å². The quantitative estimate of drug-likeness (QED) is 0.773. The molecule has 1 saturated heterocycles. The van der Waals surface area contributed by atoms with E-state index in [0.29, 0.717) is 25.1 Å². The van der Waals surface area contributed by atoms with Crippen LogP contribution in [-0.4, -0.2) is 42.8 Å². The number of benzene rings is 1. The largest absolute Gasteiger partial charge is 0.475 e. The summed E-state index contributed by atoms with van der Waals surface area (Å²) in [4.78, 5) is 23.4. The zero-order valence-corrected chi connectivity index (χ0v) is 15.3. The Morgan fingerprint density at radius 1 is 1.19 bits per heavy atom. The average Bonchev–Trinajstić information content (AvgIpc) is 3.16. The minimum Gasteiger partial charge on any atom is -0.475 e. The molecule has 2 aromatic rings. The van der Waals surface area contributed by atoms with Crippen molar-refractivity contribution in [3.63, 3.8) is 0 Å². The van der Waals surface area contributed by atoms with Gasteiger partial charge in [-0.3, -0.25) is 4.79 Å². The second-order valence-corrected chi connectivity index (χ2v) is 8.24. The molecule has 1 unspecified atom stereocenters. The summed E-state index contributed by atoms with van der Waals surface area (Å²) in [5.74, 6) is -1.80. The van der Waals surface area contributed by atoms with Crippen molar-refractivity contribution < 1.29 is 27.5 Å². The van der Waals surface area contributed by atoms with Crippen LogP contribution < -0.4 is 5.32 Å². The van der Waals surface area contributed by atoms with Crippen molar-refractivity contribution in [2.75, 3.05) is 13.1 Å². The number of rotatable bonds is 6. The van der Waals surface area contributed by atoms with Crippen LogP contribution in [0.4, 0.5) is 0 Å². The van der Waals surface area contributed by atoms with Gasteiger partial charge >= 0.3 is 5.97 Å². The van der Waals surface area contributed by atoms with Gasteiger partial charge in [-0.1, -0.05) is 18.2 Å². The van der Waals surface area contributed by atoms with Gasteiger partial charge in [-0.25, -0.2) is 13.2 Å². The Morgan fingerprint density at radius 3 is 2.59 bits per heavy atom. The van der Waals surface area contributed by atoms with Crippen LogP contribution in [-0.2, 0) is 21.4 Å². The van der Waals surface area contributed by atoms with E-state index in [2.05, 4.69) is 5.32 Å². The second kappa shape index (κ2) is 7.93.